The van der Waals surface area contributed by atoms with Gasteiger partial charge < -0.3 is 5.32 Å². The molecule has 17 heavy (non-hydrogen) atoms. The van der Waals surface area contributed by atoms with Gasteiger partial charge in [0.25, 0.3) is 0 Å². The van der Waals surface area contributed by atoms with Gasteiger partial charge in [-0.3, -0.25) is 4.68 Å². The Hall–Kier alpha value is -0.830. The lowest BCUT2D eigenvalue weighted by Gasteiger charge is -2.21. The minimum atomic E-state index is 0.972. The van der Waals surface area contributed by atoms with E-state index in [2.05, 4.69) is 16.5 Å². The first-order valence-electron chi connectivity index (χ1n) is 7.00. The summed E-state index contributed by atoms with van der Waals surface area (Å²) < 4.78 is 1.97. The van der Waals surface area contributed by atoms with Crippen molar-refractivity contribution in [3.63, 3.8) is 0 Å². The molecule has 2 aliphatic rings. The molecule has 0 aliphatic heterocycles. The Morgan fingerprint density at radius 2 is 2.35 bits per heavy atom. The maximum atomic E-state index is 4.19. The van der Waals surface area contributed by atoms with Crippen LogP contribution in [0.2, 0.25) is 0 Å². The summed E-state index contributed by atoms with van der Waals surface area (Å²) in [5.74, 6) is 3.09. The summed E-state index contributed by atoms with van der Waals surface area (Å²) >= 11 is 0. The molecule has 1 aromatic rings. The second kappa shape index (κ2) is 4.81. The molecule has 0 aromatic carbocycles. The van der Waals surface area contributed by atoms with Crippen molar-refractivity contribution in [1.82, 2.24) is 15.1 Å². The summed E-state index contributed by atoms with van der Waals surface area (Å²) in [6.45, 7) is 2.33. The van der Waals surface area contributed by atoms with Gasteiger partial charge in [-0.05, 0) is 49.6 Å². The zero-order chi connectivity index (χ0) is 11.7. The molecule has 3 rings (SSSR count). The number of aromatic nitrogens is 2. The third kappa shape index (κ3) is 2.39. The van der Waals surface area contributed by atoms with Crippen molar-refractivity contribution in [2.75, 3.05) is 13.1 Å². The zero-order valence-electron chi connectivity index (χ0n) is 10.7. The Bertz CT molecular complexity index is 371. The summed E-state index contributed by atoms with van der Waals surface area (Å²) in [5.41, 5.74) is 1.32. The quantitative estimate of drug-likeness (QED) is 0.788. The molecule has 0 amide bonds. The number of fused-ring (bicyclic) bond motifs is 2. The van der Waals surface area contributed by atoms with Gasteiger partial charge in [0, 0.05) is 31.9 Å². The van der Waals surface area contributed by atoms with Crippen LogP contribution in [0.15, 0.2) is 12.3 Å². The van der Waals surface area contributed by atoms with Crippen LogP contribution in [0.1, 0.15) is 31.4 Å². The lowest BCUT2D eigenvalue weighted by molar-refractivity contribution is 0.319. The second-order valence-electron chi connectivity index (χ2n) is 5.84. The average Bonchev–Trinajstić information content (AvgIpc) is 3.01. The van der Waals surface area contributed by atoms with Gasteiger partial charge in [0.1, 0.15) is 0 Å². The highest BCUT2D eigenvalue weighted by atomic mass is 15.3. The molecule has 3 atom stereocenters. The van der Waals surface area contributed by atoms with Gasteiger partial charge in [0.05, 0.1) is 0 Å². The van der Waals surface area contributed by atoms with Crippen LogP contribution >= 0.6 is 0 Å². The summed E-state index contributed by atoms with van der Waals surface area (Å²) in [5, 5.41) is 7.83. The fourth-order valence-corrected chi connectivity index (χ4v) is 3.78. The molecule has 0 radical (unpaired) electrons. The van der Waals surface area contributed by atoms with Crippen LogP contribution in [0, 0.1) is 17.8 Å². The van der Waals surface area contributed by atoms with E-state index in [-0.39, 0.29) is 0 Å². The topological polar surface area (TPSA) is 29.9 Å². The fourth-order valence-electron chi connectivity index (χ4n) is 3.78. The van der Waals surface area contributed by atoms with E-state index >= 15 is 0 Å². The van der Waals surface area contributed by atoms with Gasteiger partial charge in [0.2, 0.25) is 0 Å². The van der Waals surface area contributed by atoms with E-state index in [1.54, 1.807) is 0 Å². The fraction of sp³-hybridized carbons (Fsp3) is 0.786. The van der Waals surface area contributed by atoms with Crippen molar-refractivity contribution in [3.05, 3.63) is 18.0 Å². The Kier molecular flexibility index (Phi) is 3.19. The largest absolute Gasteiger partial charge is 0.316 e. The molecule has 3 heteroatoms. The predicted octanol–water partition coefficient (Wildman–Crippen LogP) is 1.99. The Morgan fingerprint density at radius 1 is 1.41 bits per heavy atom. The number of hydrogen-bond donors (Lipinski definition) is 1. The van der Waals surface area contributed by atoms with E-state index < -0.39 is 0 Å². The van der Waals surface area contributed by atoms with E-state index in [9.17, 15) is 0 Å². The number of hydrogen-bond acceptors (Lipinski definition) is 2. The summed E-state index contributed by atoms with van der Waals surface area (Å²) in [6, 6.07) is 2.11. The van der Waals surface area contributed by atoms with E-state index in [0.29, 0.717) is 0 Å². The molecule has 3 nitrogen and oxygen atoms in total. The van der Waals surface area contributed by atoms with Crippen molar-refractivity contribution in [2.24, 2.45) is 24.8 Å². The standard InChI is InChI=1S/C14H23N3/c1-17-14(5-7-16-17)4-6-15-10-13-9-11-2-3-12(13)8-11/h5,7,11-13,15H,2-4,6,8-10H2,1H3. The molecule has 3 unspecified atom stereocenters. The molecule has 0 saturated heterocycles. The summed E-state index contributed by atoms with van der Waals surface area (Å²) in [4.78, 5) is 0. The van der Waals surface area contributed by atoms with Gasteiger partial charge in [-0.15, -0.1) is 0 Å². The van der Waals surface area contributed by atoms with E-state index in [1.165, 1.54) is 37.9 Å². The molecule has 2 saturated carbocycles. The summed E-state index contributed by atoms with van der Waals surface area (Å²) in [7, 11) is 2.02. The van der Waals surface area contributed by atoms with Crippen LogP contribution in [0.5, 0.6) is 0 Å². The molecule has 1 aromatic heterocycles. The number of rotatable bonds is 5. The van der Waals surface area contributed by atoms with E-state index in [4.69, 9.17) is 0 Å². The van der Waals surface area contributed by atoms with Crippen molar-refractivity contribution in [3.8, 4) is 0 Å². The number of nitrogens with one attached hydrogen (secondary N) is 1. The monoisotopic (exact) mass is 233 g/mol. The molecule has 2 aliphatic carbocycles. The highest BCUT2D eigenvalue weighted by Gasteiger charge is 2.38. The Balaban J connectivity index is 1.37. The van der Waals surface area contributed by atoms with Gasteiger partial charge in [-0.1, -0.05) is 6.42 Å². The molecular formula is C14H23N3. The first kappa shape index (κ1) is 11.3. The maximum Gasteiger partial charge on any atom is 0.0492 e. The first-order valence-corrected chi connectivity index (χ1v) is 7.00. The second-order valence-corrected chi connectivity index (χ2v) is 5.84. The van der Waals surface area contributed by atoms with Crippen LogP contribution < -0.4 is 5.32 Å². The van der Waals surface area contributed by atoms with Crippen LogP contribution in [0.3, 0.4) is 0 Å². The van der Waals surface area contributed by atoms with Crippen LogP contribution in [0.4, 0.5) is 0 Å². The van der Waals surface area contributed by atoms with Crippen molar-refractivity contribution < 1.29 is 0 Å². The molecule has 0 spiro atoms. The van der Waals surface area contributed by atoms with Crippen molar-refractivity contribution in [2.45, 2.75) is 32.1 Å². The number of aryl methyl sites for hydroxylation is 1. The van der Waals surface area contributed by atoms with Gasteiger partial charge in [-0.2, -0.15) is 5.10 Å². The lowest BCUT2D eigenvalue weighted by atomic mass is 9.89. The van der Waals surface area contributed by atoms with Gasteiger partial charge >= 0.3 is 0 Å². The molecular weight excluding hydrogens is 210 g/mol. The van der Waals surface area contributed by atoms with Crippen LogP contribution in [0.25, 0.3) is 0 Å². The normalized spacial score (nSPS) is 31.2. The van der Waals surface area contributed by atoms with Crippen LogP contribution in [-0.2, 0) is 13.5 Å². The molecule has 1 heterocycles. The minimum Gasteiger partial charge on any atom is -0.316 e. The minimum absolute atomic E-state index is 0.972. The van der Waals surface area contributed by atoms with Crippen LogP contribution in [-0.4, -0.2) is 22.9 Å². The van der Waals surface area contributed by atoms with E-state index in [1.807, 2.05) is 17.9 Å². The molecule has 94 valence electrons. The van der Waals surface area contributed by atoms with Gasteiger partial charge in [0.15, 0.2) is 0 Å². The first-order chi connectivity index (χ1) is 8.33. The van der Waals surface area contributed by atoms with Crippen molar-refractivity contribution >= 4 is 0 Å². The third-order valence-corrected chi connectivity index (χ3v) is 4.77. The SMILES string of the molecule is Cn1nccc1CCNCC1CC2CCC1C2. The number of nitrogens with zero attached hydrogens (tertiary/aromatic N) is 2. The summed E-state index contributed by atoms with van der Waals surface area (Å²) in [6.07, 6.45) is 9.00. The zero-order valence-corrected chi connectivity index (χ0v) is 10.7. The highest BCUT2D eigenvalue weighted by molar-refractivity contribution is 5.00. The average molecular weight is 233 g/mol. The predicted molar refractivity (Wildman–Crippen MR) is 68.7 cm³/mol. The molecule has 1 N–H and O–H groups in total. The van der Waals surface area contributed by atoms with E-state index in [0.717, 1.165) is 30.7 Å². The Morgan fingerprint density at radius 3 is 3.00 bits per heavy atom. The maximum absolute atomic E-state index is 4.19. The van der Waals surface area contributed by atoms with Crippen molar-refractivity contribution in [1.29, 1.82) is 0 Å². The smallest absolute Gasteiger partial charge is 0.0492 e. The third-order valence-electron chi connectivity index (χ3n) is 4.77. The Labute approximate surface area is 104 Å². The molecule has 2 fully saturated rings. The molecule has 2 bridgehead atoms. The lowest BCUT2D eigenvalue weighted by Crippen LogP contribution is -2.28. The highest BCUT2D eigenvalue weighted by Crippen LogP contribution is 2.47. The van der Waals surface area contributed by atoms with Gasteiger partial charge in [-0.25, -0.2) is 0 Å².